The van der Waals surface area contributed by atoms with E-state index in [4.69, 9.17) is 9.47 Å². The van der Waals surface area contributed by atoms with Crippen molar-refractivity contribution in [1.29, 1.82) is 0 Å². The lowest BCUT2D eigenvalue weighted by atomic mass is 9.95. The van der Waals surface area contributed by atoms with Gasteiger partial charge < -0.3 is 9.47 Å². The van der Waals surface area contributed by atoms with Crippen LogP contribution in [-0.2, 0) is 9.53 Å². The van der Waals surface area contributed by atoms with E-state index in [2.05, 4.69) is 22.6 Å². The lowest BCUT2D eigenvalue weighted by Gasteiger charge is -2.21. The molecule has 0 spiro atoms. The second-order valence-electron chi connectivity index (χ2n) is 4.12. The predicted molar refractivity (Wildman–Crippen MR) is 70.5 cm³/mol. The molecule has 1 rings (SSSR count). The Labute approximate surface area is 109 Å². The van der Waals surface area contributed by atoms with Crippen LogP contribution in [0.5, 0.6) is 5.75 Å². The maximum absolute atomic E-state index is 11.4. The number of esters is 1. The van der Waals surface area contributed by atoms with Gasteiger partial charge in [-0.15, -0.1) is 0 Å². The summed E-state index contributed by atoms with van der Waals surface area (Å²) in [5.41, 5.74) is -0.629. The normalized spacial score (nSPS) is 11.0. The van der Waals surface area contributed by atoms with Gasteiger partial charge in [0.05, 0.1) is 12.5 Å². The Morgan fingerprint density at radius 1 is 1.44 bits per heavy atom. The van der Waals surface area contributed by atoms with E-state index in [1.54, 1.807) is 13.8 Å². The van der Waals surface area contributed by atoms with E-state index in [0.29, 0.717) is 6.61 Å². The minimum absolute atomic E-state index is 0.266. The molecule has 88 valence electrons. The molecular formula is C12H15IO3. The molecule has 0 unspecified atom stereocenters. The Kier molecular flexibility index (Phi) is 4.58. The molecule has 0 heterocycles. The van der Waals surface area contributed by atoms with Gasteiger partial charge in [-0.2, -0.15) is 0 Å². The monoisotopic (exact) mass is 334 g/mol. The molecule has 0 amide bonds. The smallest absolute Gasteiger partial charge is 0.314 e. The van der Waals surface area contributed by atoms with Crippen LogP contribution in [0.2, 0.25) is 0 Å². The summed E-state index contributed by atoms with van der Waals surface area (Å²) in [4.78, 5) is 11.4. The van der Waals surface area contributed by atoms with E-state index in [0.717, 1.165) is 9.32 Å². The first kappa shape index (κ1) is 13.3. The van der Waals surface area contributed by atoms with E-state index in [1.807, 2.05) is 24.3 Å². The molecule has 0 aliphatic carbocycles. The van der Waals surface area contributed by atoms with E-state index >= 15 is 0 Å². The number of hydrogen-bond donors (Lipinski definition) is 0. The maximum Gasteiger partial charge on any atom is 0.314 e. The number of carbonyl (C=O) groups excluding carboxylic acids is 1. The van der Waals surface area contributed by atoms with E-state index in [-0.39, 0.29) is 5.97 Å². The first-order valence-corrected chi connectivity index (χ1v) is 6.00. The minimum Gasteiger partial charge on any atom is -0.492 e. The summed E-state index contributed by atoms with van der Waals surface area (Å²) in [6, 6.07) is 7.70. The van der Waals surface area contributed by atoms with Crippen molar-refractivity contribution in [2.75, 3.05) is 13.7 Å². The Hall–Kier alpha value is -0.780. The number of hydrogen-bond acceptors (Lipinski definition) is 3. The molecule has 0 aromatic heterocycles. The van der Waals surface area contributed by atoms with Crippen LogP contribution in [0.1, 0.15) is 13.8 Å². The molecule has 0 saturated heterocycles. The van der Waals surface area contributed by atoms with Crippen LogP contribution in [0.15, 0.2) is 24.3 Å². The van der Waals surface area contributed by atoms with Gasteiger partial charge in [0.1, 0.15) is 12.4 Å². The molecular weight excluding hydrogens is 319 g/mol. The van der Waals surface area contributed by atoms with Gasteiger partial charge >= 0.3 is 5.97 Å². The van der Waals surface area contributed by atoms with Gasteiger partial charge in [0.15, 0.2) is 0 Å². The first-order valence-electron chi connectivity index (χ1n) is 4.92. The first-order chi connectivity index (χ1) is 7.45. The van der Waals surface area contributed by atoms with Crippen LogP contribution in [0.4, 0.5) is 0 Å². The summed E-state index contributed by atoms with van der Waals surface area (Å²) in [7, 11) is 1.38. The standard InChI is InChI=1S/C12H15IO3/c1-12(2,11(14)15-3)8-16-10-6-4-5-9(13)7-10/h4-7H,8H2,1-3H3. The molecule has 0 saturated carbocycles. The van der Waals surface area contributed by atoms with Crippen LogP contribution in [0, 0.1) is 8.99 Å². The van der Waals surface area contributed by atoms with Crippen molar-refractivity contribution in [3.05, 3.63) is 27.8 Å². The van der Waals surface area contributed by atoms with E-state index in [1.165, 1.54) is 7.11 Å². The molecule has 1 aromatic carbocycles. The fraction of sp³-hybridized carbons (Fsp3) is 0.417. The van der Waals surface area contributed by atoms with Crippen molar-refractivity contribution in [3.63, 3.8) is 0 Å². The van der Waals surface area contributed by atoms with Gasteiger partial charge in [-0.1, -0.05) is 6.07 Å². The average Bonchev–Trinajstić information content (AvgIpc) is 2.25. The number of benzene rings is 1. The minimum atomic E-state index is -0.629. The zero-order valence-corrected chi connectivity index (χ0v) is 11.8. The van der Waals surface area contributed by atoms with Crippen LogP contribution >= 0.6 is 22.6 Å². The van der Waals surface area contributed by atoms with Gasteiger partial charge in [-0.3, -0.25) is 4.79 Å². The predicted octanol–water partition coefficient (Wildman–Crippen LogP) is 2.87. The molecule has 0 aliphatic rings. The molecule has 0 atom stereocenters. The zero-order chi connectivity index (χ0) is 12.2. The van der Waals surface area contributed by atoms with Crippen molar-refractivity contribution >= 4 is 28.6 Å². The van der Waals surface area contributed by atoms with E-state index in [9.17, 15) is 4.79 Å². The summed E-state index contributed by atoms with van der Waals surface area (Å²) in [6.07, 6.45) is 0. The van der Waals surface area contributed by atoms with Gasteiger partial charge in [0.2, 0.25) is 0 Å². The Morgan fingerprint density at radius 2 is 2.12 bits per heavy atom. The molecule has 0 N–H and O–H groups in total. The highest BCUT2D eigenvalue weighted by Gasteiger charge is 2.29. The maximum atomic E-state index is 11.4. The van der Waals surface area contributed by atoms with Crippen LogP contribution < -0.4 is 4.74 Å². The van der Waals surface area contributed by atoms with Gasteiger partial charge in [0.25, 0.3) is 0 Å². The Balaban J connectivity index is 2.61. The van der Waals surface area contributed by atoms with Gasteiger partial charge in [-0.05, 0) is 54.6 Å². The molecule has 4 heteroatoms. The largest absolute Gasteiger partial charge is 0.492 e. The third-order valence-corrected chi connectivity index (χ3v) is 2.80. The second kappa shape index (κ2) is 5.52. The highest BCUT2D eigenvalue weighted by molar-refractivity contribution is 14.1. The summed E-state index contributed by atoms with van der Waals surface area (Å²) in [5.74, 6) is 0.502. The molecule has 0 fully saturated rings. The third-order valence-electron chi connectivity index (χ3n) is 2.13. The number of ether oxygens (including phenoxy) is 2. The van der Waals surface area contributed by atoms with Crippen LogP contribution in [0.3, 0.4) is 0 Å². The highest BCUT2D eigenvalue weighted by Crippen LogP contribution is 2.21. The summed E-state index contributed by atoms with van der Waals surface area (Å²) in [6.45, 7) is 3.90. The highest BCUT2D eigenvalue weighted by atomic mass is 127. The van der Waals surface area contributed by atoms with Gasteiger partial charge in [0, 0.05) is 3.57 Å². The van der Waals surface area contributed by atoms with Gasteiger partial charge in [-0.25, -0.2) is 0 Å². The molecule has 0 aliphatic heterocycles. The lowest BCUT2D eigenvalue weighted by molar-refractivity contribution is -0.152. The van der Waals surface area contributed by atoms with Crippen molar-refractivity contribution in [1.82, 2.24) is 0 Å². The third kappa shape index (κ3) is 3.66. The van der Waals surface area contributed by atoms with Crippen molar-refractivity contribution in [2.24, 2.45) is 5.41 Å². The van der Waals surface area contributed by atoms with Crippen LogP contribution in [0.25, 0.3) is 0 Å². The van der Waals surface area contributed by atoms with Crippen LogP contribution in [-0.4, -0.2) is 19.7 Å². The summed E-state index contributed by atoms with van der Waals surface area (Å²) >= 11 is 2.22. The molecule has 0 radical (unpaired) electrons. The number of carbonyl (C=O) groups is 1. The Bertz CT molecular complexity index is 374. The zero-order valence-electron chi connectivity index (χ0n) is 9.62. The number of methoxy groups -OCH3 is 1. The van der Waals surface area contributed by atoms with Crippen molar-refractivity contribution in [2.45, 2.75) is 13.8 Å². The fourth-order valence-corrected chi connectivity index (χ4v) is 1.67. The average molecular weight is 334 g/mol. The molecule has 0 bridgehead atoms. The lowest BCUT2D eigenvalue weighted by Crippen LogP contribution is -2.32. The molecule has 1 aromatic rings. The van der Waals surface area contributed by atoms with E-state index < -0.39 is 5.41 Å². The summed E-state index contributed by atoms with van der Waals surface area (Å²) < 4.78 is 11.4. The number of halogens is 1. The number of rotatable bonds is 4. The second-order valence-corrected chi connectivity index (χ2v) is 5.37. The fourth-order valence-electron chi connectivity index (χ4n) is 1.16. The summed E-state index contributed by atoms with van der Waals surface area (Å²) in [5, 5.41) is 0. The quantitative estimate of drug-likeness (QED) is 0.627. The van der Waals surface area contributed by atoms with Crippen molar-refractivity contribution < 1.29 is 14.3 Å². The molecule has 3 nitrogen and oxygen atoms in total. The topological polar surface area (TPSA) is 35.5 Å². The SMILES string of the molecule is COC(=O)C(C)(C)COc1cccc(I)c1. The molecule has 16 heavy (non-hydrogen) atoms. The Morgan fingerprint density at radius 3 is 2.69 bits per heavy atom. The van der Waals surface area contributed by atoms with Crippen molar-refractivity contribution in [3.8, 4) is 5.75 Å².